The first-order valence-electron chi connectivity index (χ1n) is 9.16. The van der Waals surface area contributed by atoms with Gasteiger partial charge in [-0.1, -0.05) is 35.9 Å². The fourth-order valence-corrected chi connectivity index (χ4v) is 4.03. The van der Waals surface area contributed by atoms with E-state index in [4.69, 9.17) is 11.6 Å². The summed E-state index contributed by atoms with van der Waals surface area (Å²) < 4.78 is 15.0. The number of carbonyl (C=O) groups is 2. The molecule has 30 heavy (non-hydrogen) atoms. The van der Waals surface area contributed by atoms with Crippen LogP contribution < -0.4 is 5.32 Å². The number of aromatic nitrogens is 4. The minimum atomic E-state index is -1.43. The van der Waals surface area contributed by atoms with Crippen LogP contribution in [0.15, 0.2) is 36.4 Å². The molecule has 1 aliphatic rings. The number of tetrazole rings is 1. The molecule has 0 radical (unpaired) electrons. The van der Waals surface area contributed by atoms with Crippen LogP contribution in [0.1, 0.15) is 29.4 Å². The Morgan fingerprint density at radius 2 is 1.87 bits per heavy atom. The highest BCUT2D eigenvalue weighted by Gasteiger charge is 2.50. The van der Waals surface area contributed by atoms with Crippen LogP contribution >= 0.6 is 11.6 Å². The summed E-state index contributed by atoms with van der Waals surface area (Å²) in [6, 6.07) is 8.85. The number of aryl methyl sites for hydroxylation is 2. The van der Waals surface area contributed by atoms with Crippen LogP contribution in [0, 0.1) is 19.7 Å². The van der Waals surface area contributed by atoms with Gasteiger partial charge in [0.2, 0.25) is 0 Å². The summed E-state index contributed by atoms with van der Waals surface area (Å²) in [5.41, 5.74) is 1.56. The zero-order chi connectivity index (χ0) is 21.6. The minimum absolute atomic E-state index is 0.0494. The Morgan fingerprint density at radius 1 is 1.17 bits per heavy atom. The molecule has 0 aliphatic carbocycles. The lowest BCUT2D eigenvalue weighted by Crippen LogP contribution is -2.41. The van der Waals surface area contributed by atoms with Crippen molar-refractivity contribution in [3.05, 3.63) is 69.8 Å². The highest BCUT2D eigenvalue weighted by Crippen LogP contribution is 2.34. The van der Waals surface area contributed by atoms with E-state index in [9.17, 15) is 14.0 Å². The maximum absolute atomic E-state index is 13.4. The number of rotatable bonds is 4. The molecule has 154 valence electrons. The fourth-order valence-electron chi connectivity index (χ4n) is 3.68. The Labute approximate surface area is 176 Å². The van der Waals surface area contributed by atoms with Gasteiger partial charge in [0.1, 0.15) is 11.4 Å². The van der Waals surface area contributed by atoms with E-state index in [2.05, 4.69) is 20.8 Å². The first-order valence-corrected chi connectivity index (χ1v) is 9.53. The molecule has 4 rings (SSSR count). The number of halogens is 2. The smallest absolute Gasteiger partial charge is 0.319 e. The SMILES string of the molecule is Cc1cccc(C)c1-n1nnnc1CN1C(=O)NC(C)(c2ccc(F)cc2Cl)C1=O. The third kappa shape index (κ3) is 3.11. The number of nitrogens with zero attached hydrogens (tertiary/aromatic N) is 5. The summed E-state index contributed by atoms with van der Waals surface area (Å²) in [4.78, 5) is 26.9. The molecule has 2 heterocycles. The number of nitrogens with one attached hydrogen (secondary N) is 1. The lowest BCUT2D eigenvalue weighted by Gasteiger charge is -2.23. The van der Waals surface area contributed by atoms with E-state index >= 15 is 0 Å². The van der Waals surface area contributed by atoms with E-state index in [1.165, 1.54) is 23.7 Å². The van der Waals surface area contributed by atoms with Gasteiger partial charge in [-0.15, -0.1) is 5.10 Å². The van der Waals surface area contributed by atoms with Crippen LogP contribution in [0.4, 0.5) is 9.18 Å². The molecule has 0 saturated carbocycles. The van der Waals surface area contributed by atoms with E-state index in [1.54, 1.807) is 0 Å². The molecule has 2 aromatic carbocycles. The highest BCUT2D eigenvalue weighted by atomic mass is 35.5. The topological polar surface area (TPSA) is 93.0 Å². The summed E-state index contributed by atoms with van der Waals surface area (Å²) in [5, 5.41) is 14.5. The Hall–Kier alpha value is -3.33. The van der Waals surface area contributed by atoms with Crippen molar-refractivity contribution in [1.29, 1.82) is 0 Å². The van der Waals surface area contributed by atoms with E-state index in [-0.39, 0.29) is 11.6 Å². The fraction of sp³-hybridized carbons (Fsp3) is 0.250. The number of hydrogen-bond acceptors (Lipinski definition) is 5. The molecular weight excluding hydrogens is 411 g/mol. The standard InChI is InChI=1S/C20H18ClFN6O2/c1-11-5-4-6-12(2)17(11)28-16(24-25-26-28)10-27-18(29)20(3,23-19(27)30)14-8-7-13(22)9-15(14)21/h4-9H,10H2,1-3H3,(H,23,30). The molecule has 1 saturated heterocycles. The second kappa shape index (κ2) is 7.17. The van der Waals surface area contributed by atoms with Crippen molar-refractivity contribution in [1.82, 2.24) is 30.4 Å². The quantitative estimate of drug-likeness (QED) is 0.645. The van der Waals surface area contributed by atoms with Crippen molar-refractivity contribution in [2.75, 3.05) is 0 Å². The highest BCUT2D eigenvalue weighted by molar-refractivity contribution is 6.32. The molecule has 1 fully saturated rings. The largest absolute Gasteiger partial charge is 0.325 e. The van der Waals surface area contributed by atoms with Gasteiger partial charge in [-0.05, 0) is 54.5 Å². The molecule has 1 aromatic heterocycles. The predicted molar refractivity (Wildman–Crippen MR) is 106 cm³/mol. The molecule has 0 spiro atoms. The summed E-state index contributed by atoms with van der Waals surface area (Å²) >= 11 is 6.14. The van der Waals surface area contributed by atoms with Gasteiger partial charge in [-0.25, -0.2) is 9.18 Å². The van der Waals surface area contributed by atoms with Gasteiger partial charge in [0.05, 0.1) is 12.2 Å². The Bertz CT molecular complexity index is 1160. The summed E-state index contributed by atoms with van der Waals surface area (Å²) in [6.45, 7) is 5.24. The molecule has 3 aromatic rings. The van der Waals surface area contributed by atoms with Gasteiger partial charge in [-0.3, -0.25) is 9.69 Å². The molecule has 10 heteroatoms. The van der Waals surface area contributed by atoms with Crippen molar-refractivity contribution >= 4 is 23.5 Å². The van der Waals surface area contributed by atoms with Gasteiger partial charge >= 0.3 is 6.03 Å². The third-order valence-electron chi connectivity index (χ3n) is 5.23. The number of para-hydroxylation sites is 1. The maximum atomic E-state index is 13.4. The minimum Gasteiger partial charge on any atom is -0.319 e. The van der Waals surface area contributed by atoms with Crippen molar-refractivity contribution in [3.8, 4) is 5.69 Å². The van der Waals surface area contributed by atoms with Crippen molar-refractivity contribution in [2.45, 2.75) is 32.9 Å². The monoisotopic (exact) mass is 428 g/mol. The van der Waals surface area contributed by atoms with Crippen LogP contribution in [-0.4, -0.2) is 37.0 Å². The second-order valence-electron chi connectivity index (χ2n) is 7.32. The van der Waals surface area contributed by atoms with E-state index in [1.807, 2.05) is 32.0 Å². The maximum Gasteiger partial charge on any atom is 0.325 e. The van der Waals surface area contributed by atoms with Crippen molar-refractivity contribution in [3.63, 3.8) is 0 Å². The summed E-state index contributed by atoms with van der Waals surface area (Å²) in [7, 11) is 0. The van der Waals surface area contributed by atoms with Gasteiger partial charge in [0.25, 0.3) is 5.91 Å². The predicted octanol–water partition coefficient (Wildman–Crippen LogP) is 3.04. The number of carbonyl (C=O) groups excluding carboxylic acids is 2. The Balaban J connectivity index is 1.69. The van der Waals surface area contributed by atoms with E-state index in [0.717, 1.165) is 27.8 Å². The van der Waals surface area contributed by atoms with Crippen LogP contribution in [0.5, 0.6) is 0 Å². The number of amides is 3. The Kier molecular flexibility index (Phi) is 4.77. The first-order chi connectivity index (χ1) is 14.2. The zero-order valence-electron chi connectivity index (χ0n) is 16.5. The third-order valence-corrected chi connectivity index (χ3v) is 5.54. The van der Waals surface area contributed by atoms with Crippen LogP contribution in [-0.2, 0) is 16.9 Å². The molecular formula is C20H18ClFN6O2. The van der Waals surface area contributed by atoms with Gasteiger partial charge in [0, 0.05) is 10.6 Å². The van der Waals surface area contributed by atoms with E-state index in [0.29, 0.717) is 11.4 Å². The lowest BCUT2D eigenvalue weighted by atomic mass is 9.92. The summed E-state index contributed by atoms with van der Waals surface area (Å²) in [6.07, 6.45) is 0. The molecule has 8 nitrogen and oxygen atoms in total. The van der Waals surface area contributed by atoms with Crippen LogP contribution in [0.2, 0.25) is 5.02 Å². The average molecular weight is 429 g/mol. The Morgan fingerprint density at radius 3 is 2.53 bits per heavy atom. The molecule has 3 amide bonds. The van der Waals surface area contributed by atoms with E-state index < -0.39 is 23.3 Å². The van der Waals surface area contributed by atoms with Crippen LogP contribution in [0.25, 0.3) is 5.69 Å². The normalized spacial score (nSPS) is 18.8. The van der Waals surface area contributed by atoms with Gasteiger partial charge in [-0.2, -0.15) is 4.68 Å². The van der Waals surface area contributed by atoms with Gasteiger partial charge in [0.15, 0.2) is 5.82 Å². The van der Waals surface area contributed by atoms with Crippen LogP contribution in [0.3, 0.4) is 0 Å². The molecule has 1 N–H and O–H groups in total. The lowest BCUT2D eigenvalue weighted by molar-refractivity contribution is -0.131. The second-order valence-corrected chi connectivity index (χ2v) is 7.73. The van der Waals surface area contributed by atoms with Crippen molar-refractivity contribution < 1.29 is 14.0 Å². The zero-order valence-corrected chi connectivity index (χ0v) is 17.2. The average Bonchev–Trinajstić information content (AvgIpc) is 3.20. The van der Waals surface area contributed by atoms with Crippen molar-refractivity contribution in [2.24, 2.45) is 0 Å². The van der Waals surface area contributed by atoms with Gasteiger partial charge < -0.3 is 5.32 Å². The first kappa shape index (κ1) is 20.0. The number of benzene rings is 2. The molecule has 1 atom stereocenters. The molecule has 1 unspecified atom stereocenters. The number of imide groups is 1. The number of urea groups is 1. The molecule has 0 bridgehead atoms. The molecule has 1 aliphatic heterocycles. The number of hydrogen-bond donors (Lipinski definition) is 1. The summed E-state index contributed by atoms with van der Waals surface area (Å²) in [5.74, 6) is -0.740.